The molecular weight excluding hydrogens is 393 g/mol. The minimum atomic E-state index is -1.77. The van der Waals surface area contributed by atoms with Crippen LogP contribution in [0.2, 0.25) is 10.0 Å². The van der Waals surface area contributed by atoms with Gasteiger partial charge in [-0.2, -0.15) is 15.8 Å². The molecule has 0 saturated heterocycles. The molecule has 0 bridgehead atoms. The van der Waals surface area contributed by atoms with Gasteiger partial charge < -0.3 is 10.3 Å². The first-order valence-corrected chi connectivity index (χ1v) is 9.87. The molecule has 7 heteroatoms. The summed E-state index contributed by atoms with van der Waals surface area (Å²) < 4.78 is 0. The Morgan fingerprint density at radius 1 is 1.21 bits per heavy atom. The van der Waals surface area contributed by atoms with E-state index in [2.05, 4.69) is 32.1 Å². The number of halogens is 2. The van der Waals surface area contributed by atoms with Crippen LogP contribution < -0.4 is 4.90 Å². The fraction of sp³-hybridized carbons (Fsp3) is 0.429. The van der Waals surface area contributed by atoms with Gasteiger partial charge in [0.1, 0.15) is 5.92 Å². The van der Waals surface area contributed by atoms with Crippen molar-refractivity contribution < 1.29 is 4.90 Å². The van der Waals surface area contributed by atoms with Gasteiger partial charge in [-0.25, -0.2) is 0 Å². The maximum atomic E-state index is 10.1. The quantitative estimate of drug-likeness (QED) is 0.729. The lowest BCUT2D eigenvalue weighted by Gasteiger charge is -2.47. The van der Waals surface area contributed by atoms with Gasteiger partial charge in [-0.1, -0.05) is 35.3 Å². The highest BCUT2D eigenvalue weighted by Crippen LogP contribution is 2.54. The predicted octanol–water partition coefficient (Wildman–Crippen LogP) is 3.13. The van der Waals surface area contributed by atoms with E-state index in [-0.39, 0.29) is 11.6 Å². The van der Waals surface area contributed by atoms with Crippen LogP contribution in [0.1, 0.15) is 25.3 Å². The summed E-state index contributed by atoms with van der Waals surface area (Å²) in [5.41, 5.74) is -0.536. The van der Waals surface area contributed by atoms with Gasteiger partial charge in [0.15, 0.2) is 5.41 Å². The number of rotatable bonds is 2. The van der Waals surface area contributed by atoms with E-state index in [0.717, 1.165) is 12.1 Å². The second-order valence-electron chi connectivity index (χ2n) is 7.66. The fourth-order valence-electron chi connectivity index (χ4n) is 4.50. The number of nitrogens with one attached hydrogen (secondary N) is 2. The maximum absolute atomic E-state index is 10.1. The molecule has 1 heterocycles. The smallest absolute Gasteiger partial charge is 0.190 e. The van der Waals surface area contributed by atoms with Crippen LogP contribution in [0.5, 0.6) is 0 Å². The van der Waals surface area contributed by atoms with Crippen LogP contribution in [0.15, 0.2) is 29.8 Å². The van der Waals surface area contributed by atoms with Crippen molar-refractivity contribution in [2.75, 3.05) is 13.1 Å². The average molecular weight is 413 g/mol. The summed E-state index contributed by atoms with van der Waals surface area (Å²) in [6.07, 6.45) is 2.01. The van der Waals surface area contributed by atoms with E-state index >= 15 is 0 Å². The fourth-order valence-corrected chi connectivity index (χ4v) is 4.92. The second-order valence-corrected chi connectivity index (χ2v) is 8.45. The Morgan fingerprint density at radius 2 is 1.89 bits per heavy atom. The number of fused-ring (bicyclic) bond motifs is 1. The molecule has 3 rings (SSSR count). The zero-order chi connectivity index (χ0) is 20.6. The standard InChI is InChI=1S/C21H19Cl2N5/c1-12(2)28-7-6-13-15(8-24)20(27)21(10-25,11-26)18(16(13)9-28)14-4-3-5-17(22)19(14)23/h3-6,12,15-16,18,27H,7,9H2,1-2H3/p+1/t15?,16-,18+/m0/s1. The van der Waals surface area contributed by atoms with Gasteiger partial charge in [0, 0.05) is 11.8 Å². The molecule has 2 aliphatic rings. The lowest BCUT2D eigenvalue weighted by Crippen LogP contribution is -3.16. The zero-order valence-electron chi connectivity index (χ0n) is 15.6. The number of nitriles is 3. The molecular formula is C21H20Cl2N5+. The molecule has 1 aromatic carbocycles. The molecule has 1 aliphatic carbocycles. The Morgan fingerprint density at radius 3 is 2.46 bits per heavy atom. The number of hydrogen-bond acceptors (Lipinski definition) is 4. The molecule has 0 aromatic heterocycles. The van der Waals surface area contributed by atoms with Crippen molar-refractivity contribution in [3.63, 3.8) is 0 Å². The van der Waals surface area contributed by atoms with Gasteiger partial charge in [0.05, 0.1) is 53.1 Å². The normalized spacial score (nSPS) is 28.5. The molecule has 0 amide bonds. The molecule has 5 nitrogen and oxygen atoms in total. The summed E-state index contributed by atoms with van der Waals surface area (Å²) in [5.74, 6) is -1.78. The highest BCUT2D eigenvalue weighted by atomic mass is 35.5. The summed E-state index contributed by atoms with van der Waals surface area (Å²) in [6.45, 7) is 5.64. The van der Waals surface area contributed by atoms with Crippen LogP contribution in [-0.4, -0.2) is 24.8 Å². The molecule has 142 valence electrons. The van der Waals surface area contributed by atoms with Crippen LogP contribution in [0.4, 0.5) is 0 Å². The third kappa shape index (κ3) is 2.90. The van der Waals surface area contributed by atoms with Crippen LogP contribution >= 0.6 is 23.2 Å². The molecule has 28 heavy (non-hydrogen) atoms. The number of nitrogens with zero attached hydrogens (tertiary/aromatic N) is 3. The first kappa shape index (κ1) is 20.4. The molecule has 1 saturated carbocycles. The van der Waals surface area contributed by atoms with Gasteiger partial charge in [0.25, 0.3) is 0 Å². The van der Waals surface area contributed by atoms with Gasteiger partial charge in [0.2, 0.25) is 0 Å². The van der Waals surface area contributed by atoms with E-state index < -0.39 is 17.3 Å². The molecule has 1 aliphatic heterocycles. The first-order valence-electron chi connectivity index (χ1n) is 9.11. The molecule has 4 atom stereocenters. The lowest BCUT2D eigenvalue weighted by atomic mass is 9.54. The summed E-state index contributed by atoms with van der Waals surface area (Å²) in [5, 5.41) is 39.1. The Hall–Kier alpha value is -2.36. The van der Waals surface area contributed by atoms with Crippen molar-refractivity contribution in [2.24, 2.45) is 17.3 Å². The van der Waals surface area contributed by atoms with E-state index in [1.807, 2.05) is 6.08 Å². The highest BCUT2D eigenvalue weighted by molar-refractivity contribution is 6.42. The van der Waals surface area contributed by atoms with Gasteiger partial charge in [-0.3, -0.25) is 0 Å². The third-order valence-corrected chi connectivity index (χ3v) is 6.87. The Labute approximate surface area is 174 Å². The molecule has 2 unspecified atom stereocenters. The first-order chi connectivity index (χ1) is 13.3. The zero-order valence-corrected chi connectivity index (χ0v) is 17.1. The highest BCUT2D eigenvalue weighted by Gasteiger charge is 2.59. The van der Waals surface area contributed by atoms with Gasteiger partial charge in [-0.05, 0) is 37.1 Å². The summed E-state index contributed by atoms with van der Waals surface area (Å²) in [6, 6.07) is 11.8. The van der Waals surface area contributed by atoms with Crippen molar-refractivity contribution in [3.8, 4) is 18.2 Å². The summed E-state index contributed by atoms with van der Waals surface area (Å²) in [4.78, 5) is 1.30. The van der Waals surface area contributed by atoms with Crippen LogP contribution in [0, 0.1) is 56.7 Å². The van der Waals surface area contributed by atoms with Crippen molar-refractivity contribution in [1.82, 2.24) is 0 Å². The van der Waals surface area contributed by atoms with E-state index in [0.29, 0.717) is 28.2 Å². The molecule has 1 aromatic rings. The largest absolute Gasteiger partial charge is 0.329 e. The monoisotopic (exact) mass is 412 g/mol. The average Bonchev–Trinajstić information content (AvgIpc) is 2.69. The molecule has 2 N–H and O–H groups in total. The number of quaternary nitrogens is 1. The lowest BCUT2D eigenvalue weighted by molar-refractivity contribution is -0.920. The topological polar surface area (TPSA) is 99.7 Å². The van der Waals surface area contributed by atoms with Crippen LogP contribution in [0.3, 0.4) is 0 Å². The number of benzene rings is 1. The molecule has 0 radical (unpaired) electrons. The van der Waals surface area contributed by atoms with Crippen molar-refractivity contribution in [2.45, 2.75) is 25.8 Å². The Balaban J connectivity index is 2.30. The van der Waals surface area contributed by atoms with Crippen LogP contribution in [0.25, 0.3) is 0 Å². The van der Waals surface area contributed by atoms with Gasteiger partial charge >= 0.3 is 0 Å². The van der Waals surface area contributed by atoms with E-state index in [1.165, 1.54) is 4.90 Å². The van der Waals surface area contributed by atoms with Crippen molar-refractivity contribution in [1.29, 1.82) is 21.2 Å². The second kappa shape index (κ2) is 7.57. The van der Waals surface area contributed by atoms with Crippen LogP contribution in [-0.2, 0) is 0 Å². The van der Waals surface area contributed by atoms with Crippen molar-refractivity contribution in [3.05, 3.63) is 45.5 Å². The summed E-state index contributed by atoms with van der Waals surface area (Å²) >= 11 is 12.7. The Bertz CT molecular complexity index is 962. The predicted molar refractivity (Wildman–Crippen MR) is 107 cm³/mol. The Kier molecular flexibility index (Phi) is 5.51. The third-order valence-electron chi connectivity index (χ3n) is 6.04. The molecule has 0 spiro atoms. The van der Waals surface area contributed by atoms with E-state index in [4.69, 9.17) is 28.6 Å². The minimum Gasteiger partial charge on any atom is -0.329 e. The van der Waals surface area contributed by atoms with E-state index in [9.17, 15) is 15.8 Å². The minimum absolute atomic E-state index is 0.170. The SMILES string of the molecule is CC(C)[NH+]1CC=C2C(C#N)C(=N)C(C#N)(C#N)[C@H](c3cccc(Cl)c3Cl)[C@H]2C1. The van der Waals surface area contributed by atoms with Gasteiger partial charge in [-0.15, -0.1) is 0 Å². The molecule has 1 fully saturated rings. The van der Waals surface area contributed by atoms with E-state index in [1.54, 1.807) is 18.2 Å². The summed E-state index contributed by atoms with van der Waals surface area (Å²) in [7, 11) is 0. The maximum Gasteiger partial charge on any atom is 0.190 e. The number of hydrogen-bond donors (Lipinski definition) is 2. The van der Waals surface area contributed by atoms with Crippen molar-refractivity contribution >= 4 is 28.9 Å².